The molecule has 0 bridgehead atoms. The van der Waals surface area contributed by atoms with Gasteiger partial charge in [-0.2, -0.15) is 0 Å². The molecule has 1 aromatic rings. The Bertz CT molecular complexity index is 427. The van der Waals surface area contributed by atoms with Crippen molar-refractivity contribution in [2.75, 3.05) is 26.9 Å². The second-order valence-electron chi connectivity index (χ2n) is 5.78. The molecule has 1 aliphatic heterocycles. The summed E-state index contributed by atoms with van der Waals surface area (Å²) < 4.78 is 22.6. The van der Waals surface area contributed by atoms with Crippen LogP contribution in [-0.4, -0.2) is 38.8 Å². The molecule has 0 aromatic heterocycles. The summed E-state index contributed by atoms with van der Waals surface area (Å²) in [6.45, 7) is 2.25. The molecular formula is C17H24O4. The fraction of sp³-hybridized carbons (Fsp3) is 0.647. The molecule has 0 atom stereocenters. The summed E-state index contributed by atoms with van der Waals surface area (Å²) in [7, 11) is 1.69. The van der Waals surface area contributed by atoms with Crippen molar-refractivity contribution in [3.8, 4) is 5.75 Å². The fourth-order valence-electron chi connectivity index (χ4n) is 3.12. The molecule has 21 heavy (non-hydrogen) atoms. The van der Waals surface area contributed by atoms with Gasteiger partial charge < -0.3 is 18.9 Å². The topological polar surface area (TPSA) is 36.9 Å². The maximum absolute atomic E-state index is 6.00. The lowest BCUT2D eigenvalue weighted by atomic mass is 9.92. The Morgan fingerprint density at radius 1 is 1.10 bits per heavy atom. The van der Waals surface area contributed by atoms with Crippen molar-refractivity contribution in [3.05, 3.63) is 29.8 Å². The smallest absolute Gasteiger partial charge is 0.168 e. The van der Waals surface area contributed by atoms with Gasteiger partial charge >= 0.3 is 0 Å². The number of hydrogen-bond acceptors (Lipinski definition) is 4. The van der Waals surface area contributed by atoms with Crippen LogP contribution in [0, 0.1) is 0 Å². The van der Waals surface area contributed by atoms with Crippen LogP contribution >= 0.6 is 0 Å². The SMILES string of the molecule is COc1ccc(CCOC2CCC3(CC2)OCCO3)cc1. The average Bonchev–Trinajstić information content (AvgIpc) is 2.98. The van der Waals surface area contributed by atoms with Crippen LogP contribution in [0.5, 0.6) is 5.75 Å². The highest BCUT2D eigenvalue weighted by Gasteiger charge is 2.40. The molecule has 1 aliphatic carbocycles. The van der Waals surface area contributed by atoms with E-state index in [0.717, 1.165) is 57.7 Å². The second kappa shape index (κ2) is 6.77. The molecule has 0 amide bonds. The van der Waals surface area contributed by atoms with E-state index in [4.69, 9.17) is 18.9 Å². The van der Waals surface area contributed by atoms with E-state index in [-0.39, 0.29) is 5.79 Å². The maximum Gasteiger partial charge on any atom is 0.168 e. The minimum absolute atomic E-state index is 0.282. The first kappa shape index (κ1) is 14.8. The quantitative estimate of drug-likeness (QED) is 0.836. The lowest BCUT2D eigenvalue weighted by molar-refractivity contribution is -0.191. The van der Waals surface area contributed by atoms with Crippen molar-refractivity contribution in [1.82, 2.24) is 0 Å². The van der Waals surface area contributed by atoms with Crippen LogP contribution in [0.2, 0.25) is 0 Å². The van der Waals surface area contributed by atoms with Crippen LogP contribution in [0.4, 0.5) is 0 Å². The Kier molecular flexibility index (Phi) is 4.78. The van der Waals surface area contributed by atoms with Gasteiger partial charge in [0.15, 0.2) is 5.79 Å². The normalized spacial score (nSPS) is 21.8. The molecule has 116 valence electrons. The number of methoxy groups -OCH3 is 1. The molecule has 1 saturated carbocycles. The van der Waals surface area contributed by atoms with E-state index in [2.05, 4.69) is 12.1 Å². The van der Waals surface area contributed by atoms with E-state index in [0.29, 0.717) is 6.10 Å². The highest BCUT2D eigenvalue weighted by Crippen LogP contribution is 2.36. The number of hydrogen-bond donors (Lipinski definition) is 0. The third kappa shape index (κ3) is 3.76. The molecule has 1 aromatic carbocycles. The average molecular weight is 292 g/mol. The van der Waals surface area contributed by atoms with Gasteiger partial charge in [0.05, 0.1) is 33.0 Å². The van der Waals surface area contributed by atoms with E-state index in [1.54, 1.807) is 7.11 Å². The van der Waals surface area contributed by atoms with Gasteiger partial charge in [-0.15, -0.1) is 0 Å². The Labute approximate surface area is 126 Å². The molecular weight excluding hydrogens is 268 g/mol. The first-order valence-corrected chi connectivity index (χ1v) is 7.82. The van der Waals surface area contributed by atoms with E-state index < -0.39 is 0 Å². The monoisotopic (exact) mass is 292 g/mol. The first-order chi connectivity index (χ1) is 10.3. The second-order valence-corrected chi connectivity index (χ2v) is 5.78. The predicted octanol–water partition coefficient (Wildman–Crippen LogP) is 2.94. The van der Waals surface area contributed by atoms with Gasteiger partial charge in [-0.3, -0.25) is 0 Å². The summed E-state index contributed by atoms with van der Waals surface area (Å²) in [5.74, 6) is 0.615. The van der Waals surface area contributed by atoms with Gasteiger partial charge in [-0.25, -0.2) is 0 Å². The van der Waals surface area contributed by atoms with Crippen LogP contribution < -0.4 is 4.74 Å². The van der Waals surface area contributed by atoms with Crippen LogP contribution in [-0.2, 0) is 20.6 Å². The first-order valence-electron chi connectivity index (χ1n) is 7.82. The standard InChI is InChI=1S/C17H24O4/c1-18-15-4-2-14(3-5-15)8-11-19-16-6-9-17(10-7-16)20-12-13-21-17/h2-5,16H,6-13H2,1H3. The van der Waals surface area contributed by atoms with E-state index in [1.807, 2.05) is 12.1 Å². The number of rotatable bonds is 5. The predicted molar refractivity (Wildman–Crippen MR) is 79.5 cm³/mol. The maximum atomic E-state index is 6.00. The Balaban J connectivity index is 1.38. The van der Waals surface area contributed by atoms with Crippen LogP contribution in [0.25, 0.3) is 0 Å². The number of ether oxygens (including phenoxy) is 4. The third-order valence-electron chi connectivity index (χ3n) is 4.41. The molecule has 0 radical (unpaired) electrons. The van der Waals surface area contributed by atoms with Crippen LogP contribution in [0.1, 0.15) is 31.2 Å². The molecule has 2 fully saturated rings. The Morgan fingerprint density at radius 3 is 2.38 bits per heavy atom. The zero-order valence-corrected chi connectivity index (χ0v) is 12.7. The zero-order chi connectivity index (χ0) is 14.5. The van der Waals surface area contributed by atoms with E-state index in [1.165, 1.54) is 5.56 Å². The molecule has 1 heterocycles. The van der Waals surface area contributed by atoms with Gasteiger partial charge in [-0.1, -0.05) is 12.1 Å². The summed E-state index contributed by atoms with van der Waals surface area (Å²) >= 11 is 0. The van der Waals surface area contributed by atoms with Crippen LogP contribution in [0.3, 0.4) is 0 Å². The highest BCUT2D eigenvalue weighted by molar-refractivity contribution is 5.27. The lowest BCUT2D eigenvalue weighted by Gasteiger charge is -2.35. The van der Waals surface area contributed by atoms with Crippen molar-refractivity contribution in [2.45, 2.75) is 44.0 Å². The largest absolute Gasteiger partial charge is 0.497 e. The Hall–Kier alpha value is -1.10. The molecule has 3 rings (SSSR count). The molecule has 2 aliphatic rings. The summed E-state index contributed by atoms with van der Waals surface area (Å²) in [5.41, 5.74) is 1.28. The molecule has 1 saturated heterocycles. The highest BCUT2D eigenvalue weighted by atomic mass is 16.7. The summed E-state index contributed by atoms with van der Waals surface area (Å²) in [5, 5.41) is 0. The van der Waals surface area contributed by atoms with Crippen molar-refractivity contribution < 1.29 is 18.9 Å². The van der Waals surface area contributed by atoms with E-state index >= 15 is 0 Å². The van der Waals surface area contributed by atoms with Crippen molar-refractivity contribution >= 4 is 0 Å². The van der Waals surface area contributed by atoms with Gasteiger partial charge in [0.25, 0.3) is 0 Å². The summed E-state index contributed by atoms with van der Waals surface area (Å²) in [6, 6.07) is 8.18. The van der Waals surface area contributed by atoms with Gasteiger partial charge in [-0.05, 0) is 37.0 Å². The summed E-state index contributed by atoms with van der Waals surface area (Å²) in [6.07, 6.45) is 5.27. The summed E-state index contributed by atoms with van der Waals surface area (Å²) in [4.78, 5) is 0. The third-order valence-corrected chi connectivity index (χ3v) is 4.41. The van der Waals surface area contributed by atoms with Gasteiger partial charge in [0.2, 0.25) is 0 Å². The molecule has 4 heteroatoms. The Morgan fingerprint density at radius 2 is 1.76 bits per heavy atom. The van der Waals surface area contributed by atoms with Gasteiger partial charge in [0, 0.05) is 12.8 Å². The van der Waals surface area contributed by atoms with Gasteiger partial charge in [0.1, 0.15) is 5.75 Å². The lowest BCUT2D eigenvalue weighted by Crippen LogP contribution is -2.37. The van der Waals surface area contributed by atoms with Crippen molar-refractivity contribution in [3.63, 3.8) is 0 Å². The van der Waals surface area contributed by atoms with Crippen molar-refractivity contribution in [1.29, 1.82) is 0 Å². The minimum Gasteiger partial charge on any atom is -0.497 e. The molecule has 0 unspecified atom stereocenters. The van der Waals surface area contributed by atoms with Crippen molar-refractivity contribution in [2.24, 2.45) is 0 Å². The molecule has 0 N–H and O–H groups in total. The van der Waals surface area contributed by atoms with Crippen LogP contribution in [0.15, 0.2) is 24.3 Å². The zero-order valence-electron chi connectivity index (χ0n) is 12.7. The minimum atomic E-state index is -0.282. The fourth-order valence-corrected chi connectivity index (χ4v) is 3.12. The molecule has 1 spiro atoms. The number of benzene rings is 1. The molecule has 4 nitrogen and oxygen atoms in total. The van der Waals surface area contributed by atoms with E-state index in [9.17, 15) is 0 Å².